The minimum Gasteiger partial charge on any atom is -0.497 e. The largest absolute Gasteiger partial charge is 0.497 e. The maximum absolute atomic E-state index is 6.28. The molecule has 1 unspecified atom stereocenters. The van der Waals surface area contributed by atoms with Gasteiger partial charge in [0.05, 0.1) is 7.11 Å². The summed E-state index contributed by atoms with van der Waals surface area (Å²) in [7, 11) is 1.70. The number of benzene rings is 3. The normalized spacial score (nSPS) is 12.3. The van der Waals surface area contributed by atoms with Gasteiger partial charge in [-0.05, 0) is 72.8 Å². The molecular formula is C26H27Cl2NO. The van der Waals surface area contributed by atoms with Crippen LogP contribution in [0, 0.1) is 0 Å². The summed E-state index contributed by atoms with van der Waals surface area (Å²) in [5.41, 5.74) is 4.62. The molecule has 0 heterocycles. The Kier molecular flexibility index (Phi) is 8.39. The fraction of sp³-hybridized carbons (Fsp3) is 0.231. The summed E-state index contributed by atoms with van der Waals surface area (Å²) in [6.45, 7) is 3.00. The second-order valence-electron chi connectivity index (χ2n) is 7.32. The van der Waals surface area contributed by atoms with Gasteiger partial charge < -0.3 is 10.1 Å². The van der Waals surface area contributed by atoms with Crippen LogP contribution in [0.4, 0.5) is 0 Å². The first-order chi connectivity index (χ1) is 14.6. The molecule has 3 aromatic carbocycles. The van der Waals surface area contributed by atoms with Crippen LogP contribution in [-0.4, -0.2) is 19.7 Å². The molecule has 156 valence electrons. The number of hydrogen-bond donors (Lipinski definition) is 1. The first-order valence-corrected chi connectivity index (χ1v) is 10.9. The fourth-order valence-corrected chi connectivity index (χ4v) is 4.00. The van der Waals surface area contributed by atoms with E-state index in [0.29, 0.717) is 6.04 Å². The predicted octanol–water partition coefficient (Wildman–Crippen LogP) is 6.94. The van der Waals surface area contributed by atoms with Crippen LogP contribution in [0.3, 0.4) is 0 Å². The summed E-state index contributed by atoms with van der Waals surface area (Å²) in [5, 5.41) is 5.03. The minimum atomic E-state index is 0.294. The number of ether oxygens (including phenoxy) is 1. The van der Waals surface area contributed by atoms with Crippen LogP contribution < -0.4 is 10.1 Å². The molecule has 0 aliphatic heterocycles. The smallest absolute Gasteiger partial charge is 0.119 e. The molecule has 0 amide bonds. The number of hydrogen-bond acceptors (Lipinski definition) is 2. The summed E-state index contributed by atoms with van der Waals surface area (Å²) in [6, 6.07) is 22.5. The van der Waals surface area contributed by atoms with Gasteiger partial charge in [-0.15, -0.1) is 0 Å². The summed E-state index contributed by atoms with van der Waals surface area (Å²) in [6.07, 6.45) is 5.99. The zero-order valence-electron chi connectivity index (χ0n) is 17.4. The van der Waals surface area contributed by atoms with Gasteiger partial charge in [0, 0.05) is 16.1 Å². The van der Waals surface area contributed by atoms with Crippen molar-refractivity contribution < 1.29 is 4.74 Å². The van der Waals surface area contributed by atoms with Gasteiger partial charge in [0.25, 0.3) is 0 Å². The average Bonchev–Trinajstić information content (AvgIpc) is 2.75. The highest BCUT2D eigenvalue weighted by molar-refractivity contribution is 6.35. The first-order valence-electron chi connectivity index (χ1n) is 10.1. The van der Waals surface area contributed by atoms with Gasteiger partial charge in [-0.3, -0.25) is 0 Å². The van der Waals surface area contributed by atoms with E-state index >= 15 is 0 Å². The van der Waals surface area contributed by atoms with Crippen molar-refractivity contribution >= 4 is 35.4 Å². The number of halogens is 2. The van der Waals surface area contributed by atoms with Gasteiger partial charge >= 0.3 is 0 Å². The molecule has 3 rings (SSSR count). The quantitative estimate of drug-likeness (QED) is 0.364. The summed E-state index contributed by atoms with van der Waals surface area (Å²) >= 11 is 12.6. The molecule has 1 atom stereocenters. The maximum atomic E-state index is 6.28. The molecule has 1 N–H and O–H groups in total. The van der Waals surface area contributed by atoms with Gasteiger partial charge in [-0.25, -0.2) is 0 Å². The first kappa shape index (κ1) is 22.4. The molecule has 3 aromatic rings. The Morgan fingerprint density at radius 2 is 1.67 bits per heavy atom. The Morgan fingerprint density at radius 3 is 2.37 bits per heavy atom. The molecule has 0 saturated heterocycles. The van der Waals surface area contributed by atoms with Crippen molar-refractivity contribution in [2.45, 2.75) is 25.8 Å². The molecule has 0 aliphatic rings. The van der Waals surface area contributed by atoms with E-state index < -0.39 is 0 Å². The Labute approximate surface area is 189 Å². The zero-order valence-corrected chi connectivity index (χ0v) is 18.9. The zero-order chi connectivity index (χ0) is 21.3. The molecule has 0 radical (unpaired) electrons. The third-order valence-electron chi connectivity index (χ3n) is 5.06. The summed E-state index contributed by atoms with van der Waals surface area (Å²) in [5.74, 6) is 0.872. The monoisotopic (exact) mass is 439 g/mol. The lowest BCUT2D eigenvalue weighted by molar-refractivity contribution is 0.414. The van der Waals surface area contributed by atoms with E-state index in [2.05, 4.69) is 48.7 Å². The van der Waals surface area contributed by atoms with E-state index in [1.807, 2.05) is 42.5 Å². The lowest BCUT2D eigenvalue weighted by Crippen LogP contribution is -2.30. The van der Waals surface area contributed by atoms with Gasteiger partial charge in [0.1, 0.15) is 5.75 Å². The van der Waals surface area contributed by atoms with Crippen LogP contribution in [0.25, 0.3) is 12.2 Å². The molecule has 30 heavy (non-hydrogen) atoms. The number of methoxy groups -OCH3 is 1. The van der Waals surface area contributed by atoms with E-state index in [0.717, 1.165) is 40.7 Å². The molecule has 0 spiro atoms. The lowest BCUT2D eigenvalue weighted by Gasteiger charge is -2.17. The molecule has 0 bridgehead atoms. The molecule has 2 nitrogen and oxygen atoms in total. The topological polar surface area (TPSA) is 21.3 Å². The SMILES string of the molecule is COc1ccc(/C=C/c2ccccc2)c(CC(C)NCCc2c(Cl)cccc2Cl)c1. The van der Waals surface area contributed by atoms with Crippen molar-refractivity contribution in [1.82, 2.24) is 5.32 Å². The second kappa shape index (κ2) is 11.2. The highest BCUT2D eigenvalue weighted by Crippen LogP contribution is 2.25. The molecule has 0 saturated carbocycles. The van der Waals surface area contributed by atoms with Gasteiger partial charge in [0.15, 0.2) is 0 Å². The predicted molar refractivity (Wildman–Crippen MR) is 130 cm³/mol. The van der Waals surface area contributed by atoms with E-state index in [1.54, 1.807) is 7.11 Å². The minimum absolute atomic E-state index is 0.294. The molecule has 4 heteroatoms. The third kappa shape index (κ3) is 6.37. The van der Waals surface area contributed by atoms with Crippen LogP contribution >= 0.6 is 23.2 Å². The van der Waals surface area contributed by atoms with Crippen LogP contribution in [0.15, 0.2) is 66.7 Å². The van der Waals surface area contributed by atoms with Gasteiger partial charge in [-0.1, -0.05) is 77.8 Å². The third-order valence-corrected chi connectivity index (χ3v) is 5.77. The average molecular weight is 440 g/mol. The highest BCUT2D eigenvalue weighted by atomic mass is 35.5. The van der Waals surface area contributed by atoms with Crippen molar-refractivity contribution in [3.05, 3.63) is 99.0 Å². The summed E-state index contributed by atoms with van der Waals surface area (Å²) < 4.78 is 5.45. The van der Waals surface area contributed by atoms with Crippen molar-refractivity contribution in [3.8, 4) is 5.75 Å². The van der Waals surface area contributed by atoms with Crippen molar-refractivity contribution in [2.75, 3.05) is 13.7 Å². The van der Waals surface area contributed by atoms with Crippen LogP contribution in [0.5, 0.6) is 5.75 Å². The Hall–Kier alpha value is -2.26. The number of rotatable bonds is 9. The van der Waals surface area contributed by atoms with Crippen molar-refractivity contribution in [1.29, 1.82) is 0 Å². The standard InChI is InChI=1S/C26H27Cl2NO/c1-19(29-16-15-24-25(27)9-6-10-26(24)28)17-22-18-23(30-2)14-13-21(22)12-11-20-7-4-3-5-8-20/h3-14,18-19,29H,15-17H2,1-2H3/b12-11+. The van der Waals surface area contributed by atoms with Crippen LogP contribution in [0.1, 0.15) is 29.2 Å². The molecular weight excluding hydrogens is 413 g/mol. The fourth-order valence-electron chi connectivity index (χ4n) is 3.42. The summed E-state index contributed by atoms with van der Waals surface area (Å²) in [4.78, 5) is 0. The van der Waals surface area contributed by atoms with Crippen molar-refractivity contribution in [2.24, 2.45) is 0 Å². The van der Waals surface area contributed by atoms with Gasteiger partial charge in [-0.2, -0.15) is 0 Å². The van der Waals surface area contributed by atoms with Crippen LogP contribution in [-0.2, 0) is 12.8 Å². The van der Waals surface area contributed by atoms with Gasteiger partial charge in [0.2, 0.25) is 0 Å². The Bertz CT molecular complexity index is 965. The molecule has 0 fully saturated rings. The number of nitrogens with one attached hydrogen (secondary N) is 1. The second-order valence-corrected chi connectivity index (χ2v) is 8.13. The maximum Gasteiger partial charge on any atom is 0.119 e. The van der Waals surface area contributed by atoms with Crippen molar-refractivity contribution in [3.63, 3.8) is 0 Å². The molecule has 0 aliphatic carbocycles. The Balaban J connectivity index is 1.66. The molecule has 0 aromatic heterocycles. The van der Waals surface area contributed by atoms with E-state index in [9.17, 15) is 0 Å². The Morgan fingerprint density at radius 1 is 0.933 bits per heavy atom. The highest BCUT2D eigenvalue weighted by Gasteiger charge is 2.10. The van der Waals surface area contributed by atoms with E-state index in [1.165, 1.54) is 16.7 Å². The lowest BCUT2D eigenvalue weighted by atomic mass is 9.99. The van der Waals surface area contributed by atoms with E-state index in [4.69, 9.17) is 27.9 Å². The van der Waals surface area contributed by atoms with Crippen LogP contribution in [0.2, 0.25) is 10.0 Å². The van der Waals surface area contributed by atoms with E-state index in [-0.39, 0.29) is 0 Å².